The van der Waals surface area contributed by atoms with Crippen LogP contribution in [0.1, 0.15) is 15.2 Å². The third-order valence-corrected chi connectivity index (χ3v) is 4.16. The molecule has 3 aromatic rings. The van der Waals surface area contributed by atoms with Gasteiger partial charge in [-0.2, -0.15) is 0 Å². The number of hydrogen-bond acceptors (Lipinski definition) is 4. The summed E-state index contributed by atoms with van der Waals surface area (Å²) < 4.78 is 5.31. The second-order valence-electron chi connectivity index (χ2n) is 4.40. The average molecular weight is 284 g/mol. The lowest BCUT2D eigenvalue weighted by Gasteiger charge is -2.05. The third kappa shape index (κ3) is 2.23. The van der Waals surface area contributed by atoms with Crippen LogP contribution >= 0.6 is 11.3 Å². The maximum atomic E-state index is 11.2. The van der Waals surface area contributed by atoms with Crippen LogP contribution in [0.2, 0.25) is 0 Å². The molecule has 3 rings (SSSR count). The standard InChI is InChI=1S/C15H12N2O2S/c1-9-2-3-10(15-17-6-7-19-15)8-11(9)12-4-5-13(20-12)14(16)18/h2-8H,1H3,(H2,16,18). The van der Waals surface area contributed by atoms with Gasteiger partial charge in [-0.3, -0.25) is 4.79 Å². The molecule has 5 heteroatoms. The fraction of sp³-hybridized carbons (Fsp3) is 0.0667. The maximum Gasteiger partial charge on any atom is 0.258 e. The second-order valence-corrected chi connectivity index (χ2v) is 5.48. The van der Waals surface area contributed by atoms with Crippen molar-refractivity contribution >= 4 is 17.2 Å². The van der Waals surface area contributed by atoms with E-state index in [1.165, 1.54) is 11.3 Å². The summed E-state index contributed by atoms with van der Waals surface area (Å²) in [6.45, 7) is 2.03. The Morgan fingerprint density at radius 2 is 2.15 bits per heavy atom. The van der Waals surface area contributed by atoms with E-state index in [1.54, 1.807) is 18.5 Å². The molecule has 0 aliphatic heterocycles. The first-order valence-corrected chi connectivity index (χ1v) is 6.87. The summed E-state index contributed by atoms with van der Waals surface area (Å²) >= 11 is 1.39. The molecule has 2 heterocycles. The van der Waals surface area contributed by atoms with E-state index in [0.717, 1.165) is 21.6 Å². The van der Waals surface area contributed by atoms with E-state index in [-0.39, 0.29) is 0 Å². The van der Waals surface area contributed by atoms with Gasteiger partial charge in [0.05, 0.1) is 11.1 Å². The second kappa shape index (κ2) is 4.94. The van der Waals surface area contributed by atoms with Crippen molar-refractivity contribution in [2.45, 2.75) is 6.92 Å². The summed E-state index contributed by atoms with van der Waals surface area (Å²) in [4.78, 5) is 16.9. The summed E-state index contributed by atoms with van der Waals surface area (Å²) in [5.74, 6) is 0.181. The van der Waals surface area contributed by atoms with Gasteiger partial charge < -0.3 is 10.2 Å². The number of nitrogens with two attached hydrogens (primary N) is 1. The summed E-state index contributed by atoms with van der Waals surface area (Å²) in [7, 11) is 0. The van der Waals surface area contributed by atoms with E-state index >= 15 is 0 Å². The quantitative estimate of drug-likeness (QED) is 0.800. The molecule has 2 N–H and O–H groups in total. The van der Waals surface area contributed by atoms with Crippen LogP contribution < -0.4 is 5.73 Å². The molecule has 20 heavy (non-hydrogen) atoms. The van der Waals surface area contributed by atoms with Gasteiger partial charge in [-0.05, 0) is 42.3 Å². The van der Waals surface area contributed by atoms with E-state index in [2.05, 4.69) is 4.98 Å². The van der Waals surface area contributed by atoms with Crippen molar-refractivity contribution in [1.29, 1.82) is 0 Å². The van der Waals surface area contributed by atoms with Crippen molar-refractivity contribution in [2.24, 2.45) is 5.73 Å². The Kier molecular flexibility index (Phi) is 3.12. The number of aromatic nitrogens is 1. The minimum absolute atomic E-state index is 0.400. The Labute approximate surface area is 119 Å². The smallest absolute Gasteiger partial charge is 0.258 e. The molecule has 0 spiro atoms. The summed E-state index contributed by atoms with van der Waals surface area (Å²) in [6.07, 6.45) is 3.16. The first-order valence-electron chi connectivity index (χ1n) is 6.05. The molecule has 0 aliphatic carbocycles. The summed E-state index contributed by atoms with van der Waals surface area (Å²) in [5, 5.41) is 0. The number of hydrogen-bond donors (Lipinski definition) is 1. The Morgan fingerprint density at radius 1 is 1.30 bits per heavy atom. The lowest BCUT2D eigenvalue weighted by Crippen LogP contribution is -2.07. The molecule has 0 radical (unpaired) electrons. The number of oxazole rings is 1. The van der Waals surface area contributed by atoms with Crippen LogP contribution in [0.4, 0.5) is 0 Å². The van der Waals surface area contributed by atoms with Crippen LogP contribution in [0.15, 0.2) is 47.2 Å². The van der Waals surface area contributed by atoms with Crippen molar-refractivity contribution in [2.75, 3.05) is 0 Å². The minimum atomic E-state index is -0.400. The van der Waals surface area contributed by atoms with Crippen LogP contribution in [0.25, 0.3) is 21.9 Å². The fourth-order valence-corrected chi connectivity index (χ4v) is 2.94. The van der Waals surface area contributed by atoms with Gasteiger partial charge in [0.15, 0.2) is 0 Å². The molecule has 2 aromatic heterocycles. The number of aryl methyl sites for hydroxylation is 1. The predicted molar refractivity (Wildman–Crippen MR) is 78.5 cm³/mol. The van der Waals surface area contributed by atoms with Crippen molar-refractivity contribution in [3.05, 3.63) is 53.2 Å². The Morgan fingerprint density at radius 3 is 2.80 bits per heavy atom. The molecule has 1 amide bonds. The van der Waals surface area contributed by atoms with Gasteiger partial charge in [0.25, 0.3) is 5.91 Å². The Hall–Kier alpha value is -2.40. The van der Waals surface area contributed by atoms with Crippen molar-refractivity contribution in [3.8, 4) is 21.9 Å². The summed E-state index contributed by atoms with van der Waals surface area (Å²) in [5.41, 5.74) is 8.38. The molecular weight excluding hydrogens is 272 g/mol. The van der Waals surface area contributed by atoms with Gasteiger partial charge in [-0.1, -0.05) is 6.07 Å². The van der Waals surface area contributed by atoms with E-state index in [9.17, 15) is 4.79 Å². The van der Waals surface area contributed by atoms with Crippen molar-refractivity contribution in [3.63, 3.8) is 0 Å². The number of rotatable bonds is 3. The van der Waals surface area contributed by atoms with Crippen LogP contribution in [0, 0.1) is 6.92 Å². The SMILES string of the molecule is Cc1ccc(-c2ncco2)cc1-c1ccc(C(N)=O)s1. The molecule has 100 valence electrons. The highest BCUT2D eigenvalue weighted by Crippen LogP contribution is 2.33. The van der Waals surface area contributed by atoms with Crippen LogP contribution in [-0.2, 0) is 0 Å². The molecule has 0 atom stereocenters. The first kappa shape index (κ1) is 12.6. The molecule has 1 aromatic carbocycles. The molecule has 0 bridgehead atoms. The number of primary amides is 1. The molecule has 0 saturated heterocycles. The third-order valence-electron chi connectivity index (χ3n) is 3.03. The van der Waals surface area contributed by atoms with E-state index in [4.69, 9.17) is 10.2 Å². The highest BCUT2D eigenvalue weighted by Gasteiger charge is 2.11. The number of carbonyl (C=O) groups is 1. The Balaban J connectivity index is 2.08. The number of benzene rings is 1. The normalized spacial score (nSPS) is 10.7. The maximum absolute atomic E-state index is 11.2. The molecule has 0 unspecified atom stereocenters. The van der Waals surface area contributed by atoms with Gasteiger partial charge in [-0.15, -0.1) is 11.3 Å². The lowest BCUT2D eigenvalue weighted by molar-refractivity contribution is 0.100. The van der Waals surface area contributed by atoms with Crippen molar-refractivity contribution in [1.82, 2.24) is 4.98 Å². The number of amides is 1. The Bertz CT molecular complexity index is 760. The molecule has 0 aliphatic rings. The monoisotopic (exact) mass is 284 g/mol. The summed E-state index contributed by atoms with van der Waals surface area (Å²) in [6, 6.07) is 9.65. The predicted octanol–water partition coefficient (Wildman–Crippen LogP) is 3.48. The molecule has 0 fully saturated rings. The number of carbonyl (C=O) groups excluding carboxylic acids is 1. The van der Waals surface area contributed by atoms with Gasteiger partial charge in [-0.25, -0.2) is 4.98 Å². The van der Waals surface area contributed by atoms with Gasteiger partial charge in [0.1, 0.15) is 6.26 Å². The minimum Gasteiger partial charge on any atom is -0.445 e. The zero-order valence-electron chi connectivity index (χ0n) is 10.8. The van der Waals surface area contributed by atoms with Gasteiger partial charge in [0.2, 0.25) is 5.89 Å². The van der Waals surface area contributed by atoms with Crippen LogP contribution in [0.5, 0.6) is 0 Å². The van der Waals surface area contributed by atoms with E-state index in [1.807, 2.05) is 31.2 Å². The first-order chi connectivity index (χ1) is 9.65. The topological polar surface area (TPSA) is 69.1 Å². The molecule has 4 nitrogen and oxygen atoms in total. The van der Waals surface area contributed by atoms with E-state index < -0.39 is 5.91 Å². The molecule has 0 saturated carbocycles. The molecular formula is C15H12N2O2S. The average Bonchev–Trinajstić information content (AvgIpc) is 3.10. The van der Waals surface area contributed by atoms with Crippen molar-refractivity contribution < 1.29 is 9.21 Å². The highest BCUT2D eigenvalue weighted by atomic mass is 32.1. The van der Waals surface area contributed by atoms with Gasteiger partial charge >= 0.3 is 0 Å². The largest absolute Gasteiger partial charge is 0.445 e. The highest BCUT2D eigenvalue weighted by molar-refractivity contribution is 7.17. The number of thiophene rings is 1. The fourth-order valence-electron chi connectivity index (χ4n) is 2.00. The van der Waals surface area contributed by atoms with Crippen LogP contribution in [-0.4, -0.2) is 10.9 Å². The van der Waals surface area contributed by atoms with Crippen LogP contribution in [0.3, 0.4) is 0 Å². The van der Waals surface area contributed by atoms with Gasteiger partial charge in [0, 0.05) is 10.4 Å². The zero-order valence-corrected chi connectivity index (χ0v) is 11.6. The van der Waals surface area contributed by atoms with E-state index in [0.29, 0.717) is 10.8 Å². The zero-order chi connectivity index (χ0) is 14.1. The number of nitrogens with zero attached hydrogens (tertiary/aromatic N) is 1. The lowest BCUT2D eigenvalue weighted by atomic mass is 10.0.